The van der Waals surface area contributed by atoms with Crippen molar-refractivity contribution in [3.8, 4) is 5.75 Å². The Morgan fingerprint density at radius 1 is 1.41 bits per heavy atom. The number of rotatable bonds is 5. The maximum absolute atomic E-state index is 13.2. The van der Waals surface area contributed by atoms with Crippen LogP contribution in [0.1, 0.15) is 44.2 Å². The first-order chi connectivity index (χ1) is 8.31. The summed E-state index contributed by atoms with van der Waals surface area (Å²) in [5.74, 6) is 0.639. The molecule has 1 unspecified atom stereocenters. The van der Waals surface area contributed by atoms with E-state index in [4.69, 9.17) is 4.74 Å². The SMILES string of the molecule is CCCCCNC1CCOc2ccc(F)cc21. The molecular weight excluding hydrogens is 217 g/mol. The third-order valence-corrected chi connectivity index (χ3v) is 3.18. The van der Waals surface area contributed by atoms with Gasteiger partial charge in [0.1, 0.15) is 11.6 Å². The zero-order chi connectivity index (χ0) is 12.1. The van der Waals surface area contributed by atoms with Crippen LogP contribution in [0.2, 0.25) is 0 Å². The number of unbranched alkanes of at least 4 members (excludes halogenated alkanes) is 2. The predicted octanol–water partition coefficient (Wildman–Crippen LogP) is 3.43. The molecule has 94 valence electrons. The van der Waals surface area contributed by atoms with Crippen LogP contribution in [-0.2, 0) is 0 Å². The normalized spacial score (nSPS) is 18.6. The maximum Gasteiger partial charge on any atom is 0.124 e. The second kappa shape index (κ2) is 6.01. The van der Waals surface area contributed by atoms with Gasteiger partial charge in [0.05, 0.1) is 6.61 Å². The van der Waals surface area contributed by atoms with Crippen molar-refractivity contribution in [2.45, 2.75) is 38.6 Å². The van der Waals surface area contributed by atoms with E-state index in [1.165, 1.54) is 25.3 Å². The fourth-order valence-electron chi connectivity index (χ4n) is 2.23. The minimum atomic E-state index is -0.186. The molecule has 0 aliphatic carbocycles. The number of benzene rings is 1. The van der Waals surface area contributed by atoms with Gasteiger partial charge in [-0.1, -0.05) is 19.8 Å². The second-order valence-corrected chi connectivity index (χ2v) is 4.53. The minimum Gasteiger partial charge on any atom is -0.493 e. The summed E-state index contributed by atoms with van der Waals surface area (Å²) in [6.45, 7) is 3.90. The van der Waals surface area contributed by atoms with Gasteiger partial charge in [-0.2, -0.15) is 0 Å². The largest absolute Gasteiger partial charge is 0.493 e. The van der Waals surface area contributed by atoms with Gasteiger partial charge in [0.2, 0.25) is 0 Å². The Morgan fingerprint density at radius 2 is 2.29 bits per heavy atom. The summed E-state index contributed by atoms with van der Waals surface area (Å²) in [5, 5.41) is 3.49. The van der Waals surface area contributed by atoms with E-state index in [2.05, 4.69) is 12.2 Å². The van der Waals surface area contributed by atoms with Crippen LogP contribution >= 0.6 is 0 Å². The summed E-state index contributed by atoms with van der Waals surface area (Å²) in [6.07, 6.45) is 4.56. The van der Waals surface area contributed by atoms with Crippen LogP contribution in [0.5, 0.6) is 5.75 Å². The van der Waals surface area contributed by atoms with Gasteiger partial charge >= 0.3 is 0 Å². The van der Waals surface area contributed by atoms with E-state index in [1.807, 2.05) is 0 Å². The van der Waals surface area contributed by atoms with Gasteiger partial charge in [0.25, 0.3) is 0 Å². The summed E-state index contributed by atoms with van der Waals surface area (Å²) >= 11 is 0. The van der Waals surface area contributed by atoms with Crippen molar-refractivity contribution in [1.82, 2.24) is 5.32 Å². The molecule has 0 saturated heterocycles. The summed E-state index contributed by atoms with van der Waals surface area (Å²) in [5.41, 5.74) is 0.966. The standard InChI is InChI=1S/C14H20FNO/c1-2-3-4-8-16-13-7-9-17-14-6-5-11(15)10-12(13)14/h5-6,10,13,16H,2-4,7-9H2,1H3. The van der Waals surface area contributed by atoms with Crippen molar-refractivity contribution >= 4 is 0 Å². The molecule has 1 aliphatic heterocycles. The Balaban J connectivity index is 1.98. The van der Waals surface area contributed by atoms with Crippen LogP contribution in [0, 0.1) is 5.82 Å². The van der Waals surface area contributed by atoms with Crippen molar-refractivity contribution < 1.29 is 9.13 Å². The third-order valence-electron chi connectivity index (χ3n) is 3.18. The number of nitrogens with one attached hydrogen (secondary N) is 1. The van der Waals surface area contributed by atoms with Crippen LogP contribution in [0.3, 0.4) is 0 Å². The van der Waals surface area contributed by atoms with Crippen molar-refractivity contribution in [2.24, 2.45) is 0 Å². The number of ether oxygens (including phenoxy) is 1. The highest BCUT2D eigenvalue weighted by Crippen LogP contribution is 2.32. The van der Waals surface area contributed by atoms with E-state index >= 15 is 0 Å². The van der Waals surface area contributed by atoms with Gasteiger partial charge in [-0.05, 0) is 31.2 Å². The molecule has 0 spiro atoms. The zero-order valence-electron chi connectivity index (χ0n) is 10.3. The summed E-state index contributed by atoms with van der Waals surface area (Å²) < 4.78 is 18.8. The third kappa shape index (κ3) is 3.19. The van der Waals surface area contributed by atoms with Crippen LogP contribution in [0.15, 0.2) is 18.2 Å². The average molecular weight is 237 g/mol. The molecular formula is C14H20FNO. The lowest BCUT2D eigenvalue weighted by molar-refractivity contribution is 0.251. The summed E-state index contributed by atoms with van der Waals surface area (Å²) in [4.78, 5) is 0. The summed E-state index contributed by atoms with van der Waals surface area (Å²) in [7, 11) is 0. The van der Waals surface area contributed by atoms with Gasteiger partial charge in [-0.15, -0.1) is 0 Å². The van der Waals surface area contributed by atoms with Gasteiger partial charge < -0.3 is 10.1 Å². The van der Waals surface area contributed by atoms with Crippen molar-refractivity contribution in [3.05, 3.63) is 29.6 Å². The average Bonchev–Trinajstić information content (AvgIpc) is 2.35. The molecule has 3 heteroatoms. The van der Waals surface area contributed by atoms with E-state index in [-0.39, 0.29) is 11.9 Å². The Morgan fingerprint density at radius 3 is 3.12 bits per heavy atom. The van der Waals surface area contributed by atoms with Crippen LogP contribution in [-0.4, -0.2) is 13.2 Å². The fourth-order valence-corrected chi connectivity index (χ4v) is 2.23. The lowest BCUT2D eigenvalue weighted by atomic mass is 10.00. The van der Waals surface area contributed by atoms with Gasteiger partial charge in [0, 0.05) is 18.0 Å². The van der Waals surface area contributed by atoms with E-state index in [9.17, 15) is 4.39 Å². The number of hydrogen-bond donors (Lipinski definition) is 1. The fraction of sp³-hybridized carbons (Fsp3) is 0.571. The monoisotopic (exact) mass is 237 g/mol. The predicted molar refractivity (Wildman–Crippen MR) is 66.8 cm³/mol. The molecule has 17 heavy (non-hydrogen) atoms. The Hall–Kier alpha value is -1.09. The van der Waals surface area contributed by atoms with Gasteiger partial charge in [-0.3, -0.25) is 0 Å². The topological polar surface area (TPSA) is 21.3 Å². The lowest BCUT2D eigenvalue weighted by Crippen LogP contribution is -2.28. The quantitative estimate of drug-likeness (QED) is 0.792. The Bertz CT molecular complexity index is 367. The maximum atomic E-state index is 13.2. The molecule has 0 radical (unpaired) electrons. The van der Waals surface area contributed by atoms with E-state index in [0.29, 0.717) is 6.61 Å². The second-order valence-electron chi connectivity index (χ2n) is 4.53. The van der Waals surface area contributed by atoms with E-state index < -0.39 is 0 Å². The molecule has 0 saturated carbocycles. The highest BCUT2D eigenvalue weighted by molar-refractivity contribution is 5.37. The molecule has 0 bridgehead atoms. The first kappa shape index (κ1) is 12.4. The molecule has 0 amide bonds. The van der Waals surface area contributed by atoms with Crippen LogP contribution in [0.4, 0.5) is 4.39 Å². The molecule has 2 nitrogen and oxygen atoms in total. The first-order valence-corrected chi connectivity index (χ1v) is 6.47. The molecule has 1 aliphatic rings. The molecule has 2 rings (SSSR count). The molecule has 1 atom stereocenters. The zero-order valence-corrected chi connectivity index (χ0v) is 10.3. The highest BCUT2D eigenvalue weighted by atomic mass is 19.1. The van der Waals surface area contributed by atoms with Crippen molar-refractivity contribution in [3.63, 3.8) is 0 Å². The van der Waals surface area contributed by atoms with E-state index in [0.717, 1.165) is 24.3 Å². The van der Waals surface area contributed by atoms with E-state index in [1.54, 1.807) is 12.1 Å². The Kier molecular flexibility index (Phi) is 4.37. The number of fused-ring (bicyclic) bond motifs is 1. The summed E-state index contributed by atoms with van der Waals surface area (Å²) in [6, 6.07) is 5.01. The molecule has 1 aromatic rings. The highest BCUT2D eigenvalue weighted by Gasteiger charge is 2.21. The minimum absolute atomic E-state index is 0.186. The van der Waals surface area contributed by atoms with Crippen molar-refractivity contribution in [1.29, 1.82) is 0 Å². The molecule has 1 aromatic carbocycles. The first-order valence-electron chi connectivity index (χ1n) is 6.47. The van der Waals surface area contributed by atoms with Gasteiger partial charge in [-0.25, -0.2) is 4.39 Å². The lowest BCUT2D eigenvalue weighted by Gasteiger charge is -2.26. The van der Waals surface area contributed by atoms with Gasteiger partial charge in [0.15, 0.2) is 0 Å². The Labute approximate surface area is 102 Å². The smallest absolute Gasteiger partial charge is 0.124 e. The number of halogens is 1. The van der Waals surface area contributed by atoms with Crippen molar-refractivity contribution in [2.75, 3.05) is 13.2 Å². The molecule has 1 heterocycles. The van der Waals surface area contributed by atoms with Crippen LogP contribution < -0.4 is 10.1 Å². The molecule has 1 N–H and O–H groups in total. The molecule has 0 aromatic heterocycles. The number of hydrogen-bond acceptors (Lipinski definition) is 2. The molecule has 0 fully saturated rings. The van der Waals surface area contributed by atoms with Crippen LogP contribution in [0.25, 0.3) is 0 Å².